The number of nitrogens with zero attached hydrogens (tertiary/aromatic N) is 2. The van der Waals surface area contributed by atoms with Crippen molar-refractivity contribution in [3.63, 3.8) is 0 Å². The van der Waals surface area contributed by atoms with E-state index in [2.05, 4.69) is 67.4 Å². The highest BCUT2D eigenvalue weighted by molar-refractivity contribution is 6.00. The van der Waals surface area contributed by atoms with Crippen LogP contribution in [-0.4, -0.2) is 34.2 Å². The zero-order valence-electron chi connectivity index (χ0n) is 20.1. The van der Waals surface area contributed by atoms with Gasteiger partial charge in [-0.25, -0.2) is 0 Å². The van der Waals surface area contributed by atoms with E-state index in [0.717, 1.165) is 67.0 Å². The molecular formula is C28H35N3O2. The molecule has 1 N–H and O–H groups in total. The highest BCUT2D eigenvalue weighted by atomic mass is 16.5. The number of benzene rings is 2. The number of carbonyl (C=O) groups is 1. The number of hydrogen-bond donors (Lipinski definition) is 1. The maximum absolute atomic E-state index is 13.4. The topological polar surface area (TPSA) is 58.2 Å². The van der Waals surface area contributed by atoms with Crippen molar-refractivity contribution in [1.82, 2.24) is 15.1 Å². The normalized spacial score (nSPS) is 15.2. The van der Waals surface area contributed by atoms with E-state index in [1.165, 1.54) is 18.4 Å². The Kier molecular flexibility index (Phi) is 7.48. The van der Waals surface area contributed by atoms with E-state index in [0.29, 0.717) is 5.69 Å². The molecule has 33 heavy (non-hydrogen) atoms. The van der Waals surface area contributed by atoms with E-state index >= 15 is 0 Å². The zero-order valence-corrected chi connectivity index (χ0v) is 20.1. The maximum atomic E-state index is 13.4. The van der Waals surface area contributed by atoms with E-state index in [4.69, 9.17) is 4.74 Å². The fourth-order valence-electron chi connectivity index (χ4n) is 4.53. The van der Waals surface area contributed by atoms with Crippen LogP contribution in [0.2, 0.25) is 0 Å². The molecule has 3 aromatic rings. The van der Waals surface area contributed by atoms with Crippen LogP contribution >= 0.6 is 0 Å². The summed E-state index contributed by atoms with van der Waals surface area (Å²) in [7, 11) is 0. The van der Waals surface area contributed by atoms with Crippen LogP contribution in [-0.2, 0) is 0 Å². The van der Waals surface area contributed by atoms with E-state index in [1.54, 1.807) is 0 Å². The summed E-state index contributed by atoms with van der Waals surface area (Å²) in [5.41, 5.74) is 5.79. The minimum Gasteiger partial charge on any atom is -0.494 e. The first-order valence-corrected chi connectivity index (χ1v) is 12.3. The average molecular weight is 446 g/mol. The van der Waals surface area contributed by atoms with Crippen molar-refractivity contribution < 1.29 is 9.53 Å². The molecule has 5 nitrogen and oxygen atoms in total. The van der Waals surface area contributed by atoms with Gasteiger partial charge in [-0.05, 0) is 37.5 Å². The van der Waals surface area contributed by atoms with Crippen LogP contribution in [0.5, 0.6) is 5.75 Å². The molecule has 2 aromatic carbocycles. The minimum absolute atomic E-state index is 0.0388. The summed E-state index contributed by atoms with van der Waals surface area (Å²) in [5, 5.41) is 7.63. The third kappa shape index (κ3) is 4.97. The SMILES string of the molecule is CCCCCOc1ccc(C2c3c(-c4ccc(C)cc4)n[nH]c3C(=O)N2CCCCC)cc1. The molecule has 0 fully saturated rings. The lowest BCUT2D eigenvalue weighted by atomic mass is 9.95. The molecule has 1 amide bonds. The van der Waals surface area contributed by atoms with Crippen LogP contribution in [0.4, 0.5) is 0 Å². The van der Waals surface area contributed by atoms with Crippen molar-refractivity contribution in [2.45, 2.75) is 65.3 Å². The van der Waals surface area contributed by atoms with Crippen LogP contribution in [0, 0.1) is 6.92 Å². The lowest BCUT2D eigenvalue weighted by Crippen LogP contribution is -2.30. The summed E-state index contributed by atoms with van der Waals surface area (Å²) in [6, 6.07) is 16.5. The van der Waals surface area contributed by atoms with Crippen LogP contribution < -0.4 is 4.74 Å². The summed E-state index contributed by atoms with van der Waals surface area (Å²) in [5.74, 6) is 0.916. The number of nitrogens with one attached hydrogen (secondary N) is 1. The summed E-state index contributed by atoms with van der Waals surface area (Å²) >= 11 is 0. The van der Waals surface area contributed by atoms with E-state index in [1.807, 2.05) is 17.0 Å². The Bertz CT molecular complexity index is 1050. The molecular weight excluding hydrogens is 410 g/mol. The molecule has 5 heteroatoms. The summed E-state index contributed by atoms with van der Waals surface area (Å²) < 4.78 is 5.91. The molecule has 0 bridgehead atoms. The van der Waals surface area contributed by atoms with Crippen molar-refractivity contribution >= 4 is 5.91 Å². The third-order valence-electron chi connectivity index (χ3n) is 6.40. The molecule has 0 saturated carbocycles. The third-order valence-corrected chi connectivity index (χ3v) is 6.40. The Morgan fingerprint density at radius 2 is 1.64 bits per heavy atom. The highest BCUT2D eigenvalue weighted by Gasteiger charge is 2.41. The molecule has 1 aromatic heterocycles. The Balaban J connectivity index is 1.66. The maximum Gasteiger partial charge on any atom is 0.273 e. The van der Waals surface area contributed by atoms with Gasteiger partial charge in [0.05, 0.1) is 18.3 Å². The quantitative estimate of drug-likeness (QED) is 0.335. The predicted molar refractivity (Wildman–Crippen MR) is 133 cm³/mol. The molecule has 4 rings (SSSR count). The van der Waals surface area contributed by atoms with Gasteiger partial charge >= 0.3 is 0 Å². The Morgan fingerprint density at radius 3 is 2.33 bits per heavy atom. The number of H-pyrrole nitrogens is 1. The van der Waals surface area contributed by atoms with Gasteiger partial charge < -0.3 is 9.64 Å². The molecule has 0 saturated heterocycles. The van der Waals surface area contributed by atoms with Gasteiger partial charge in [0.2, 0.25) is 0 Å². The van der Waals surface area contributed by atoms with E-state index in [-0.39, 0.29) is 11.9 Å². The molecule has 1 atom stereocenters. The molecule has 1 aliphatic rings. The molecule has 0 spiro atoms. The first-order chi connectivity index (χ1) is 16.1. The smallest absolute Gasteiger partial charge is 0.273 e. The Morgan fingerprint density at radius 1 is 0.939 bits per heavy atom. The monoisotopic (exact) mass is 445 g/mol. The molecule has 0 aliphatic carbocycles. The number of aromatic nitrogens is 2. The summed E-state index contributed by atoms with van der Waals surface area (Å²) in [4.78, 5) is 15.4. The molecule has 0 radical (unpaired) electrons. The van der Waals surface area contributed by atoms with Gasteiger partial charge in [-0.2, -0.15) is 5.10 Å². The largest absolute Gasteiger partial charge is 0.494 e. The van der Waals surface area contributed by atoms with Crippen LogP contribution in [0.25, 0.3) is 11.3 Å². The first-order valence-electron chi connectivity index (χ1n) is 12.3. The van der Waals surface area contributed by atoms with E-state index < -0.39 is 0 Å². The lowest BCUT2D eigenvalue weighted by Gasteiger charge is -2.26. The van der Waals surface area contributed by atoms with Gasteiger partial charge in [-0.1, -0.05) is 81.5 Å². The number of ether oxygens (including phenoxy) is 1. The predicted octanol–water partition coefficient (Wildman–Crippen LogP) is 6.69. The lowest BCUT2D eigenvalue weighted by molar-refractivity contribution is 0.0740. The number of hydrogen-bond acceptors (Lipinski definition) is 3. The van der Waals surface area contributed by atoms with Gasteiger partial charge in [-0.3, -0.25) is 9.89 Å². The fraction of sp³-hybridized carbons (Fsp3) is 0.429. The van der Waals surface area contributed by atoms with Crippen molar-refractivity contribution in [1.29, 1.82) is 0 Å². The Hall–Kier alpha value is -3.08. The van der Waals surface area contributed by atoms with E-state index in [9.17, 15) is 4.79 Å². The van der Waals surface area contributed by atoms with Crippen molar-refractivity contribution in [2.24, 2.45) is 0 Å². The second-order valence-corrected chi connectivity index (χ2v) is 8.96. The Labute approximate surface area is 197 Å². The number of aromatic amines is 1. The molecule has 2 heterocycles. The standard InChI is InChI=1S/C28H35N3O2/c1-4-6-8-18-31-27(22-14-16-23(17-15-22)33-19-9-7-5-2)24-25(29-30-26(24)28(31)32)21-12-10-20(3)11-13-21/h10-17,27H,4-9,18-19H2,1-3H3,(H,29,30). The van der Waals surface area contributed by atoms with Crippen LogP contribution in [0.1, 0.15) is 85.6 Å². The molecule has 1 unspecified atom stereocenters. The number of aryl methyl sites for hydroxylation is 1. The average Bonchev–Trinajstić information content (AvgIpc) is 3.37. The first kappa shape index (κ1) is 23.1. The van der Waals surface area contributed by atoms with Gasteiger partial charge in [0.1, 0.15) is 11.4 Å². The van der Waals surface area contributed by atoms with Crippen LogP contribution in [0.15, 0.2) is 48.5 Å². The minimum atomic E-state index is -0.145. The van der Waals surface area contributed by atoms with Gasteiger partial charge in [0.25, 0.3) is 5.91 Å². The van der Waals surface area contributed by atoms with Crippen molar-refractivity contribution in [3.05, 3.63) is 70.9 Å². The number of fused-ring (bicyclic) bond motifs is 1. The second kappa shape index (κ2) is 10.7. The van der Waals surface area contributed by atoms with Gasteiger partial charge in [0, 0.05) is 17.7 Å². The number of unbranched alkanes of at least 4 members (excludes halogenated alkanes) is 4. The van der Waals surface area contributed by atoms with Crippen molar-refractivity contribution in [3.8, 4) is 17.0 Å². The van der Waals surface area contributed by atoms with Crippen molar-refractivity contribution in [2.75, 3.05) is 13.2 Å². The number of rotatable bonds is 11. The molecule has 1 aliphatic heterocycles. The highest BCUT2D eigenvalue weighted by Crippen LogP contribution is 2.43. The van der Waals surface area contributed by atoms with Crippen LogP contribution in [0.3, 0.4) is 0 Å². The van der Waals surface area contributed by atoms with Gasteiger partial charge in [0.15, 0.2) is 0 Å². The fourth-order valence-corrected chi connectivity index (χ4v) is 4.53. The second-order valence-electron chi connectivity index (χ2n) is 8.96. The number of carbonyl (C=O) groups excluding carboxylic acids is 1. The summed E-state index contributed by atoms with van der Waals surface area (Å²) in [6.45, 7) is 7.93. The van der Waals surface area contributed by atoms with Gasteiger partial charge in [-0.15, -0.1) is 0 Å². The molecule has 174 valence electrons. The zero-order chi connectivity index (χ0) is 23.2. The number of amides is 1. The summed E-state index contributed by atoms with van der Waals surface area (Å²) in [6.07, 6.45) is 6.66.